The van der Waals surface area contributed by atoms with Crippen molar-refractivity contribution in [2.75, 3.05) is 20.0 Å². The monoisotopic (exact) mass is 334 g/mol. The van der Waals surface area contributed by atoms with Crippen LogP contribution in [-0.4, -0.2) is 28.8 Å². The number of nitrogens with two attached hydrogens (primary N) is 1. The number of nitrogen functional groups attached to an aromatic ring is 1. The maximum absolute atomic E-state index is 5.79. The zero-order chi connectivity index (χ0) is 17.6. The van der Waals surface area contributed by atoms with Gasteiger partial charge in [0, 0.05) is 29.8 Å². The quantitative estimate of drug-likeness (QED) is 0.581. The Balaban J connectivity index is 2.02. The summed E-state index contributed by atoms with van der Waals surface area (Å²) in [5.41, 5.74) is 10.2. The van der Waals surface area contributed by atoms with Gasteiger partial charge in [0.2, 0.25) is 0 Å². The van der Waals surface area contributed by atoms with Gasteiger partial charge in [-0.15, -0.1) is 0 Å². The minimum atomic E-state index is 0.655. The molecule has 25 heavy (non-hydrogen) atoms. The number of methoxy groups -OCH3 is 2. The minimum Gasteiger partial charge on any atom is -0.493 e. The summed E-state index contributed by atoms with van der Waals surface area (Å²) in [6, 6.07) is 11.5. The third-order valence-electron chi connectivity index (χ3n) is 4.37. The summed E-state index contributed by atoms with van der Waals surface area (Å²) in [7, 11) is 5.24. The lowest BCUT2D eigenvalue weighted by Crippen LogP contribution is -1.95. The van der Waals surface area contributed by atoms with Gasteiger partial charge in [0.25, 0.3) is 0 Å². The van der Waals surface area contributed by atoms with Crippen LogP contribution in [0.2, 0.25) is 0 Å². The molecular formula is C19H18N4O2. The van der Waals surface area contributed by atoms with E-state index in [-0.39, 0.29) is 0 Å². The van der Waals surface area contributed by atoms with Gasteiger partial charge >= 0.3 is 0 Å². The standard InChI is InChI=1S/C19H18N4O2/c1-23-18-13-8-16(24-2)17(25-3)9-14(13)21-10-15(18)22-19(23)11-4-6-12(20)7-5-11/h4-10H,20H2,1-3H3. The van der Waals surface area contributed by atoms with Crippen molar-refractivity contribution in [3.63, 3.8) is 0 Å². The van der Waals surface area contributed by atoms with E-state index in [4.69, 9.17) is 20.2 Å². The second-order valence-electron chi connectivity index (χ2n) is 5.83. The topological polar surface area (TPSA) is 75.2 Å². The van der Waals surface area contributed by atoms with Crippen molar-refractivity contribution in [1.82, 2.24) is 14.5 Å². The summed E-state index contributed by atoms with van der Waals surface area (Å²) in [6.45, 7) is 0. The molecule has 0 atom stereocenters. The number of ether oxygens (including phenoxy) is 2. The lowest BCUT2D eigenvalue weighted by atomic mass is 10.1. The molecular weight excluding hydrogens is 316 g/mol. The molecule has 0 aliphatic rings. The highest BCUT2D eigenvalue weighted by Crippen LogP contribution is 2.35. The van der Waals surface area contributed by atoms with Crippen LogP contribution in [0.4, 0.5) is 5.69 Å². The molecule has 0 saturated heterocycles. The van der Waals surface area contributed by atoms with Gasteiger partial charge < -0.3 is 19.8 Å². The van der Waals surface area contributed by atoms with E-state index in [0.29, 0.717) is 11.5 Å². The van der Waals surface area contributed by atoms with Gasteiger partial charge in [-0.25, -0.2) is 4.98 Å². The molecule has 6 nitrogen and oxygen atoms in total. The number of benzene rings is 2. The molecule has 2 N–H and O–H groups in total. The van der Waals surface area contributed by atoms with Gasteiger partial charge in [-0.2, -0.15) is 0 Å². The van der Waals surface area contributed by atoms with E-state index in [1.165, 1.54) is 0 Å². The Labute approximate surface area is 144 Å². The number of nitrogens with zero attached hydrogens (tertiary/aromatic N) is 3. The summed E-state index contributed by atoms with van der Waals surface area (Å²) in [5.74, 6) is 2.18. The van der Waals surface area contributed by atoms with Gasteiger partial charge in [0.05, 0.1) is 31.4 Å². The van der Waals surface area contributed by atoms with Crippen LogP contribution in [-0.2, 0) is 7.05 Å². The lowest BCUT2D eigenvalue weighted by Gasteiger charge is -2.10. The Bertz CT molecular complexity index is 1080. The molecule has 0 unspecified atom stereocenters. The van der Waals surface area contributed by atoms with Crippen LogP contribution in [0.15, 0.2) is 42.6 Å². The SMILES string of the molecule is COc1cc2ncc3nc(-c4ccc(N)cc4)n(C)c3c2cc1OC. The second-order valence-corrected chi connectivity index (χ2v) is 5.83. The van der Waals surface area contributed by atoms with E-state index in [2.05, 4.69) is 9.55 Å². The Hall–Kier alpha value is -3.28. The molecule has 0 amide bonds. The lowest BCUT2D eigenvalue weighted by molar-refractivity contribution is 0.356. The van der Waals surface area contributed by atoms with Crippen molar-refractivity contribution in [1.29, 1.82) is 0 Å². The number of hydrogen-bond donors (Lipinski definition) is 1. The first-order chi connectivity index (χ1) is 12.1. The molecule has 4 aromatic rings. The number of anilines is 1. The second kappa shape index (κ2) is 5.66. The zero-order valence-electron chi connectivity index (χ0n) is 14.3. The maximum Gasteiger partial charge on any atom is 0.162 e. The van der Waals surface area contributed by atoms with Crippen molar-refractivity contribution in [3.05, 3.63) is 42.6 Å². The van der Waals surface area contributed by atoms with E-state index in [0.717, 1.165) is 39.0 Å². The fourth-order valence-electron chi connectivity index (χ4n) is 3.11. The van der Waals surface area contributed by atoms with Gasteiger partial charge in [-0.1, -0.05) is 0 Å². The minimum absolute atomic E-state index is 0.655. The third kappa shape index (κ3) is 2.34. The smallest absolute Gasteiger partial charge is 0.162 e. The van der Waals surface area contributed by atoms with E-state index in [1.54, 1.807) is 20.4 Å². The molecule has 0 radical (unpaired) electrons. The average Bonchev–Trinajstić information content (AvgIpc) is 2.98. The average molecular weight is 334 g/mol. The molecule has 0 bridgehead atoms. The molecule has 0 aliphatic heterocycles. The maximum atomic E-state index is 5.79. The predicted molar refractivity (Wildman–Crippen MR) is 99.0 cm³/mol. The molecule has 126 valence electrons. The zero-order valence-corrected chi connectivity index (χ0v) is 14.3. The van der Waals surface area contributed by atoms with Crippen molar-refractivity contribution >= 4 is 27.6 Å². The van der Waals surface area contributed by atoms with Crippen molar-refractivity contribution in [2.45, 2.75) is 0 Å². The van der Waals surface area contributed by atoms with Crippen LogP contribution in [0.1, 0.15) is 0 Å². The number of pyridine rings is 1. The van der Waals surface area contributed by atoms with Crippen LogP contribution in [0, 0.1) is 0 Å². The van der Waals surface area contributed by atoms with Gasteiger partial charge in [0.1, 0.15) is 11.3 Å². The van der Waals surface area contributed by atoms with Crippen LogP contribution in [0.5, 0.6) is 11.5 Å². The van der Waals surface area contributed by atoms with Gasteiger partial charge in [-0.05, 0) is 30.3 Å². The van der Waals surface area contributed by atoms with Crippen LogP contribution >= 0.6 is 0 Å². The first kappa shape index (κ1) is 15.3. The summed E-state index contributed by atoms with van der Waals surface area (Å²) >= 11 is 0. The van der Waals surface area contributed by atoms with E-state index in [9.17, 15) is 0 Å². The fraction of sp³-hybridized carbons (Fsp3) is 0.158. The summed E-state index contributed by atoms with van der Waals surface area (Å²) in [6.07, 6.45) is 1.78. The van der Waals surface area contributed by atoms with Gasteiger partial charge in [0.15, 0.2) is 11.5 Å². The number of hydrogen-bond acceptors (Lipinski definition) is 5. The molecule has 0 spiro atoms. The Morgan fingerprint density at radius 2 is 1.64 bits per heavy atom. The fourth-order valence-corrected chi connectivity index (χ4v) is 3.11. The summed E-state index contributed by atoms with van der Waals surface area (Å²) in [4.78, 5) is 9.27. The van der Waals surface area contributed by atoms with E-state index < -0.39 is 0 Å². The highest BCUT2D eigenvalue weighted by Gasteiger charge is 2.16. The van der Waals surface area contributed by atoms with Crippen LogP contribution in [0.25, 0.3) is 33.3 Å². The molecule has 2 heterocycles. The highest BCUT2D eigenvalue weighted by atomic mass is 16.5. The Morgan fingerprint density at radius 1 is 0.960 bits per heavy atom. The van der Waals surface area contributed by atoms with Crippen LogP contribution in [0.3, 0.4) is 0 Å². The number of imidazole rings is 1. The Kier molecular flexibility index (Phi) is 3.46. The van der Waals surface area contributed by atoms with Crippen molar-refractivity contribution in [2.24, 2.45) is 7.05 Å². The largest absolute Gasteiger partial charge is 0.493 e. The molecule has 0 fully saturated rings. The molecule has 0 aliphatic carbocycles. The van der Waals surface area contributed by atoms with Gasteiger partial charge in [-0.3, -0.25) is 4.98 Å². The third-order valence-corrected chi connectivity index (χ3v) is 4.37. The Morgan fingerprint density at radius 3 is 2.32 bits per heavy atom. The predicted octanol–water partition coefficient (Wildman–Crippen LogP) is 3.39. The molecule has 4 rings (SSSR count). The molecule has 2 aromatic heterocycles. The number of aromatic nitrogens is 3. The molecule has 6 heteroatoms. The number of rotatable bonds is 3. The molecule has 2 aromatic carbocycles. The summed E-state index contributed by atoms with van der Waals surface area (Å²) < 4.78 is 12.9. The van der Waals surface area contributed by atoms with E-state index >= 15 is 0 Å². The first-order valence-corrected chi connectivity index (χ1v) is 7.85. The molecule has 0 saturated carbocycles. The number of aryl methyl sites for hydroxylation is 1. The highest BCUT2D eigenvalue weighted by molar-refractivity contribution is 6.04. The van der Waals surface area contributed by atoms with Crippen molar-refractivity contribution < 1.29 is 9.47 Å². The van der Waals surface area contributed by atoms with E-state index in [1.807, 2.05) is 43.4 Å². The summed E-state index contributed by atoms with van der Waals surface area (Å²) in [5, 5.41) is 0.965. The van der Waals surface area contributed by atoms with Crippen molar-refractivity contribution in [3.8, 4) is 22.9 Å². The van der Waals surface area contributed by atoms with Crippen LogP contribution < -0.4 is 15.2 Å². The first-order valence-electron chi connectivity index (χ1n) is 7.85. The normalized spacial score (nSPS) is 11.2. The number of fused-ring (bicyclic) bond motifs is 3.